The van der Waals surface area contributed by atoms with Crippen LogP contribution in [-0.2, 0) is 6.42 Å². The van der Waals surface area contributed by atoms with E-state index in [1.807, 2.05) is 18.2 Å². The van der Waals surface area contributed by atoms with E-state index in [0.717, 1.165) is 5.56 Å². The number of rotatable bonds is 1. The van der Waals surface area contributed by atoms with E-state index in [2.05, 4.69) is 0 Å². The molecule has 0 aliphatic rings. The summed E-state index contributed by atoms with van der Waals surface area (Å²) in [5.41, 5.74) is 0.846. The van der Waals surface area contributed by atoms with Crippen LogP contribution < -0.4 is 0 Å². The summed E-state index contributed by atoms with van der Waals surface area (Å²) in [7, 11) is 0. The zero-order valence-electron chi connectivity index (χ0n) is 6.03. The maximum Gasteiger partial charge on any atom is 0.194 e. The van der Waals surface area contributed by atoms with Gasteiger partial charge in [-0.25, -0.2) is 0 Å². The second-order valence-corrected chi connectivity index (χ2v) is 5.31. The Morgan fingerprint density at radius 1 is 1.08 bits per heavy atom. The smallest absolute Gasteiger partial charge is 0.0840 e. The minimum absolute atomic E-state index is 0.331. The van der Waals surface area contributed by atoms with Gasteiger partial charge in [0, 0.05) is 11.4 Å². The highest BCUT2D eigenvalue weighted by atomic mass is 35.6. The fraction of sp³-hybridized carbons (Fsp3) is 0.250. The Labute approximate surface area is 91.4 Å². The van der Waals surface area contributed by atoms with Gasteiger partial charge in [0.25, 0.3) is 0 Å². The first-order valence-corrected chi connectivity index (χ1v) is 4.80. The third-order valence-electron chi connectivity index (χ3n) is 1.35. The molecule has 0 fully saturated rings. The first-order chi connectivity index (χ1) is 5.49. The van der Waals surface area contributed by atoms with Crippen molar-refractivity contribution in [2.75, 3.05) is 0 Å². The number of halogens is 4. The number of hydrogen-bond donors (Lipinski definition) is 0. The van der Waals surface area contributed by atoms with Gasteiger partial charge in [0.1, 0.15) is 0 Å². The Morgan fingerprint density at radius 2 is 1.67 bits per heavy atom. The average Bonchev–Trinajstić information content (AvgIpc) is 1.91. The van der Waals surface area contributed by atoms with Crippen LogP contribution in [0.4, 0.5) is 0 Å². The summed E-state index contributed by atoms with van der Waals surface area (Å²) < 4.78 is -1.27. The number of hydrogen-bond acceptors (Lipinski definition) is 0. The van der Waals surface area contributed by atoms with E-state index in [0.29, 0.717) is 11.4 Å². The van der Waals surface area contributed by atoms with Gasteiger partial charge in [-0.2, -0.15) is 0 Å². The molecule has 1 aromatic rings. The van der Waals surface area contributed by atoms with Gasteiger partial charge in [-0.1, -0.05) is 64.6 Å². The molecule has 0 unspecified atom stereocenters. The predicted molar refractivity (Wildman–Crippen MR) is 55.4 cm³/mol. The molecular weight excluding hydrogens is 238 g/mol. The Hall–Kier alpha value is 0.380. The summed E-state index contributed by atoms with van der Waals surface area (Å²) >= 11 is 22.7. The van der Waals surface area contributed by atoms with Crippen molar-refractivity contribution in [2.24, 2.45) is 0 Å². The molecule has 0 amide bonds. The summed E-state index contributed by atoms with van der Waals surface area (Å²) in [4.78, 5) is 0. The van der Waals surface area contributed by atoms with Gasteiger partial charge in [0.15, 0.2) is 3.79 Å². The summed E-state index contributed by atoms with van der Waals surface area (Å²) in [6.45, 7) is 0. The summed E-state index contributed by atoms with van der Waals surface area (Å²) in [5, 5.41) is 0.629. The third kappa shape index (κ3) is 3.40. The van der Waals surface area contributed by atoms with E-state index >= 15 is 0 Å². The minimum Gasteiger partial charge on any atom is -0.0840 e. The van der Waals surface area contributed by atoms with Crippen molar-refractivity contribution < 1.29 is 0 Å². The zero-order chi connectivity index (χ0) is 9.19. The normalized spacial score (nSPS) is 11.7. The number of benzene rings is 1. The van der Waals surface area contributed by atoms with Gasteiger partial charge in [0.2, 0.25) is 0 Å². The van der Waals surface area contributed by atoms with Gasteiger partial charge in [-0.3, -0.25) is 0 Å². The van der Waals surface area contributed by atoms with E-state index < -0.39 is 3.79 Å². The van der Waals surface area contributed by atoms with Gasteiger partial charge in [-0.15, -0.1) is 0 Å². The summed E-state index contributed by atoms with van der Waals surface area (Å²) in [6.07, 6.45) is 0.331. The van der Waals surface area contributed by atoms with Crippen LogP contribution in [0, 0.1) is 0 Å². The fourth-order valence-electron chi connectivity index (χ4n) is 0.858. The van der Waals surface area contributed by atoms with E-state index in [9.17, 15) is 0 Å². The molecule has 66 valence electrons. The first kappa shape index (κ1) is 10.5. The molecule has 0 nitrogen and oxygen atoms in total. The minimum atomic E-state index is -1.27. The molecule has 0 heterocycles. The maximum atomic E-state index is 5.85. The standard InChI is InChI=1S/C8H6Cl4/c9-7-4-2-1-3-6(7)5-8(10,11)12/h1-4H,5H2. The molecule has 1 aromatic carbocycles. The van der Waals surface area contributed by atoms with Crippen LogP contribution in [0.5, 0.6) is 0 Å². The van der Waals surface area contributed by atoms with E-state index in [1.54, 1.807) is 6.07 Å². The van der Waals surface area contributed by atoms with Gasteiger partial charge in [0.05, 0.1) is 0 Å². The van der Waals surface area contributed by atoms with Crippen LogP contribution in [-0.4, -0.2) is 3.79 Å². The van der Waals surface area contributed by atoms with Crippen LogP contribution in [0.25, 0.3) is 0 Å². The molecule has 0 aromatic heterocycles. The van der Waals surface area contributed by atoms with Crippen molar-refractivity contribution in [3.8, 4) is 0 Å². The molecular formula is C8H6Cl4. The predicted octanol–water partition coefficient (Wildman–Crippen LogP) is 4.25. The fourth-order valence-corrected chi connectivity index (χ4v) is 1.49. The lowest BCUT2D eigenvalue weighted by Gasteiger charge is -2.11. The Bertz CT molecular complexity index is 264. The SMILES string of the molecule is Clc1ccccc1CC(Cl)(Cl)Cl. The van der Waals surface area contributed by atoms with Gasteiger partial charge in [-0.05, 0) is 11.6 Å². The second-order valence-electron chi connectivity index (χ2n) is 2.38. The van der Waals surface area contributed by atoms with E-state index in [1.165, 1.54) is 0 Å². The molecule has 0 saturated carbocycles. The highest BCUT2D eigenvalue weighted by molar-refractivity contribution is 6.67. The Balaban J connectivity index is 2.83. The molecule has 0 aliphatic heterocycles. The van der Waals surface area contributed by atoms with E-state index in [4.69, 9.17) is 46.4 Å². The second kappa shape index (κ2) is 4.06. The van der Waals surface area contributed by atoms with Crippen LogP contribution in [0.2, 0.25) is 5.02 Å². The van der Waals surface area contributed by atoms with Crippen LogP contribution in [0.15, 0.2) is 24.3 Å². The Kier molecular flexibility index (Phi) is 3.54. The van der Waals surface area contributed by atoms with Crippen molar-refractivity contribution >= 4 is 46.4 Å². The zero-order valence-corrected chi connectivity index (χ0v) is 9.05. The largest absolute Gasteiger partial charge is 0.194 e. The van der Waals surface area contributed by atoms with Gasteiger partial charge >= 0.3 is 0 Å². The molecule has 4 heteroatoms. The Morgan fingerprint density at radius 3 is 2.17 bits per heavy atom. The van der Waals surface area contributed by atoms with Crippen molar-refractivity contribution in [1.82, 2.24) is 0 Å². The molecule has 1 rings (SSSR count). The van der Waals surface area contributed by atoms with Crippen LogP contribution in [0.1, 0.15) is 5.56 Å². The maximum absolute atomic E-state index is 5.85. The molecule has 12 heavy (non-hydrogen) atoms. The molecule has 0 spiro atoms. The monoisotopic (exact) mass is 242 g/mol. The molecule has 0 saturated heterocycles. The highest BCUT2D eigenvalue weighted by Gasteiger charge is 2.21. The van der Waals surface area contributed by atoms with Crippen molar-refractivity contribution in [2.45, 2.75) is 10.2 Å². The van der Waals surface area contributed by atoms with Crippen LogP contribution in [0.3, 0.4) is 0 Å². The molecule has 0 radical (unpaired) electrons. The van der Waals surface area contributed by atoms with Crippen molar-refractivity contribution in [3.63, 3.8) is 0 Å². The molecule has 0 bridgehead atoms. The lowest BCUT2D eigenvalue weighted by atomic mass is 10.2. The summed E-state index contributed by atoms with van der Waals surface area (Å²) in [5.74, 6) is 0. The lowest BCUT2D eigenvalue weighted by molar-refractivity contribution is 1.02. The average molecular weight is 244 g/mol. The van der Waals surface area contributed by atoms with E-state index in [-0.39, 0.29) is 0 Å². The lowest BCUT2D eigenvalue weighted by Crippen LogP contribution is -2.06. The topological polar surface area (TPSA) is 0 Å². The third-order valence-corrected chi connectivity index (χ3v) is 2.12. The quantitative estimate of drug-likeness (QED) is 0.647. The van der Waals surface area contributed by atoms with Gasteiger partial charge < -0.3 is 0 Å². The molecule has 0 N–H and O–H groups in total. The number of alkyl halides is 3. The first-order valence-electron chi connectivity index (χ1n) is 3.29. The van der Waals surface area contributed by atoms with Crippen LogP contribution >= 0.6 is 46.4 Å². The summed E-state index contributed by atoms with van der Waals surface area (Å²) in [6, 6.07) is 7.30. The van der Waals surface area contributed by atoms with Crippen molar-refractivity contribution in [3.05, 3.63) is 34.9 Å². The highest BCUT2D eigenvalue weighted by Crippen LogP contribution is 2.32. The molecule has 0 aliphatic carbocycles. The molecule has 0 atom stereocenters. The van der Waals surface area contributed by atoms with Crippen molar-refractivity contribution in [1.29, 1.82) is 0 Å².